The molecule has 1 amide bonds. The summed E-state index contributed by atoms with van der Waals surface area (Å²) in [6, 6.07) is 11.6. The highest BCUT2D eigenvalue weighted by atomic mass is 16.3. The van der Waals surface area contributed by atoms with E-state index in [2.05, 4.69) is 15.2 Å². The number of hydrogen-bond donors (Lipinski definition) is 1. The average molecular weight is 378 g/mol. The smallest absolute Gasteiger partial charge is 0.251 e. The number of amides is 1. The second-order valence-electron chi connectivity index (χ2n) is 7.47. The van der Waals surface area contributed by atoms with Gasteiger partial charge >= 0.3 is 0 Å². The van der Waals surface area contributed by atoms with Crippen molar-refractivity contribution in [2.45, 2.75) is 19.4 Å². The minimum Gasteiger partial charge on any atom is -0.468 e. The standard InChI is InChI=1S/C22H26N4O2/c1-25-12-10-23-21(25)18-6-8-19(9-7-18)22(27)24-14-17-4-2-11-26(15-17)16-20-5-3-13-28-20/h3,5-10,12-13,17H,2,4,11,14-16H2,1H3,(H,24,27)/t17-/m0/s1. The molecular formula is C22H26N4O2. The highest BCUT2D eigenvalue weighted by Gasteiger charge is 2.21. The van der Waals surface area contributed by atoms with Gasteiger partial charge in [-0.25, -0.2) is 4.98 Å². The molecule has 146 valence electrons. The summed E-state index contributed by atoms with van der Waals surface area (Å²) in [7, 11) is 1.96. The lowest BCUT2D eigenvalue weighted by molar-refractivity contribution is 0.0928. The highest BCUT2D eigenvalue weighted by Crippen LogP contribution is 2.19. The van der Waals surface area contributed by atoms with Crippen molar-refractivity contribution >= 4 is 5.91 Å². The van der Waals surface area contributed by atoms with Crippen LogP contribution in [-0.4, -0.2) is 40.0 Å². The second kappa shape index (κ2) is 8.44. The van der Waals surface area contributed by atoms with E-state index in [9.17, 15) is 4.79 Å². The molecule has 4 rings (SSSR count). The van der Waals surface area contributed by atoms with Crippen LogP contribution in [0.4, 0.5) is 0 Å². The molecular weight excluding hydrogens is 352 g/mol. The van der Waals surface area contributed by atoms with Crippen LogP contribution in [-0.2, 0) is 13.6 Å². The van der Waals surface area contributed by atoms with E-state index in [1.165, 1.54) is 0 Å². The Morgan fingerprint density at radius 3 is 2.86 bits per heavy atom. The highest BCUT2D eigenvalue weighted by molar-refractivity contribution is 5.94. The number of piperidine rings is 1. The van der Waals surface area contributed by atoms with E-state index in [4.69, 9.17) is 4.42 Å². The van der Waals surface area contributed by atoms with E-state index in [1.807, 2.05) is 54.2 Å². The van der Waals surface area contributed by atoms with Crippen molar-refractivity contribution < 1.29 is 9.21 Å². The molecule has 3 aromatic rings. The molecule has 28 heavy (non-hydrogen) atoms. The van der Waals surface area contributed by atoms with Crippen LogP contribution in [0.2, 0.25) is 0 Å². The number of nitrogens with zero attached hydrogens (tertiary/aromatic N) is 3. The summed E-state index contributed by atoms with van der Waals surface area (Å²) in [5, 5.41) is 3.10. The summed E-state index contributed by atoms with van der Waals surface area (Å²) >= 11 is 0. The minimum atomic E-state index is -0.0189. The van der Waals surface area contributed by atoms with Gasteiger partial charge in [-0.3, -0.25) is 9.69 Å². The fourth-order valence-electron chi connectivity index (χ4n) is 3.84. The Bertz CT molecular complexity index is 899. The third kappa shape index (κ3) is 4.34. The monoisotopic (exact) mass is 378 g/mol. The van der Waals surface area contributed by atoms with Gasteiger partial charge in [0.2, 0.25) is 0 Å². The van der Waals surface area contributed by atoms with Gasteiger partial charge in [-0.2, -0.15) is 0 Å². The summed E-state index contributed by atoms with van der Waals surface area (Å²) in [5.41, 5.74) is 1.69. The van der Waals surface area contributed by atoms with Crippen molar-refractivity contribution in [3.8, 4) is 11.4 Å². The van der Waals surface area contributed by atoms with Gasteiger partial charge in [-0.1, -0.05) is 12.1 Å². The summed E-state index contributed by atoms with van der Waals surface area (Å²) in [6.45, 7) is 3.61. The molecule has 1 fully saturated rings. The minimum absolute atomic E-state index is 0.0189. The first-order chi connectivity index (χ1) is 13.7. The molecule has 0 saturated carbocycles. The third-order valence-corrected chi connectivity index (χ3v) is 5.34. The van der Waals surface area contributed by atoms with Gasteiger partial charge in [-0.05, 0) is 49.6 Å². The number of nitrogens with one attached hydrogen (secondary N) is 1. The number of aryl methyl sites for hydroxylation is 1. The van der Waals surface area contributed by atoms with Crippen molar-refractivity contribution in [1.29, 1.82) is 0 Å². The van der Waals surface area contributed by atoms with E-state index in [1.54, 1.807) is 12.5 Å². The maximum atomic E-state index is 12.5. The van der Waals surface area contributed by atoms with Crippen LogP contribution in [0.3, 0.4) is 0 Å². The summed E-state index contributed by atoms with van der Waals surface area (Å²) < 4.78 is 7.42. The van der Waals surface area contributed by atoms with E-state index in [0.717, 1.165) is 49.6 Å². The molecule has 3 heterocycles. The van der Waals surface area contributed by atoms with E-state index < -0.39 is 0 Å². The lowest BCUT2D eigenvalue weighted by Crippen LogP contribution is -2.40. The fraction of sp³-hybridized carbons (Fsp3) is 0.364. The molecule has 6 heteroatoms. The number of benzene rings is 1. The first kappa shape index (κ1) is 18.5. The molecule has 2 aromatic heterocycles. The number of hydrogen-bond acceptors (Lipinski definition) is 4. The fourth-order valence-corrected chi connectivity index (χ4v) is 3.84. The van der Waals surface area contributed by atoms with E-state index in [-0.39, 0.29) is 5.91 Å². The molecule has 0 aliphatic carbocycles. The molecule has 1 aliphatic rings. The first-order valence-corrected chi connectivity index (χ1v) is 9.80. The normalized spacial score (nSPS) is 17.5. The molecule has 1 aromatic carbocycles. The van der Waals surface area contributed by atoms with Crippen LogP contribution in [0.1, 0.15) is 29.0 Å². The quantitative estimate of drug-likeness (QED) is 0.715. The van der Waals surface area contributed by atoms with Gasteiger partial charge in [-0.15, -0.1) is 0 Å². The van der Waals surface area contributed by atoms with Crippen molar-refractivity contribution in [1.82, 2.24) is 19.8 Å². The maximum absolute atomic E-state index is 12.5. The van der Waals surface area contributed by atoms with Crippen LogP contribution in [0, 0.1) is 5.92 Å². The lowest BCUT2D eigenvalue weighted by Gasteiger charge is -2.32. The largest absolute Gasteiger partial charge is 0.468 e. The SMILES string of the molecule is Cn1ccnc1-c1ccc(C(=O)NC[C@@H]2CCCN(Cc3ccco3)C2)cc1. The third-order valence-electron chi connectivity index (χ3n) is 5.34. The van der Waals surface area contributed by atoms with Crippen LogP contribution in [0.5, 0.6) is 0 Å². The van der Waals surface area contributed by atoms with Crippen LogP contribution in [0.15, 0.2) is 59.5 Å². The number of furan rings is 1. The predicted molar refractivity (Wildman–Crippen MR) is 108 cm³/mol. The zero-order valence-corrected chi connectivity index (χ0v) is 16.2. The Hall–Kier alpha value is -2.86. The van der Waals surface area contributed by atoms with E-state index in [0.29, 0.717) is 18.0 Å². The lowest BCUT2D eigenvalue weighted by atomic mass is 9.97. The number of rotatable bonds is 6. The Morgan fingerprint density at radius 1 is 1.29 bits per heavy atom. The Kier molecular flexibility index (Phi) is 5.58. The first-order valence-electron chi connectivity index (χ1n) is 9.80. The topological polar surface area (TPSA) is 63.3 Å². The van der Waals surface area contributed by atoms with Crippen molar-refractivity contribution in [2.24, 2.45) is 13.0 Å². The summed E-state index contributed by atoms with van der Waals surface area (Å²) in [4.78, 5) is 19.3. The van der Waals surface area contributed by atoms with E-state index >= 15 is 0 Å². The van der Waals surface area contributed by atoms with Crippen molar-refractivity contribution in [3.63, 3.8) is 0 Å². The zero-order valence-electron chi connectivity index (χ0n) is 16.2. The molecule has 1 aliphatic heterocycles. The van der Waals surface area contributed by atoms with Crippen LogP contribution < -0.4 is 5.32 Å². The summed E-state index contributed by atoms with van der Waals surface area (Å²) in [6.07, 6.45) is 7.70. The predicted octanol–water partition coefficient (Wildman–Crippen LogP) is 3.32. The number of carbonyl (C=O) groups excluding carboxylic acids is 1. The maximum Gasteiger partial charge on any atom is 0.251 e. The van der Waals surface area contributed by atoms with Gasteiger partial charge in [0.05, 0.1) is 12.8 Å². The number of likely N-dealkylation sites (tertiary alicyclic amines) is 1. The zero-order chi connectivity index (χ0) is 19.3. The molecule has 1 saturated heterocycles. The molecule has 0 unspecified atom stereocenters. The molecule has 0 bridgehead atoms. The van der Waals surface area contributed by atoms with Gasteiger partial charge in [0, 0.05) is 43.7 Å². The number of carbonyl (C=O) groups is 1. The Morgan fingerprint density at radius 2 is 2.14 bits per heavy atom. The molecule has 0 radical (unpaired) electrons. The van der Waals surface area contributed by atoms with Crippen LogP contribution >= 0.6 is 0 Å². The van der Waals surface area contributed by atoms with Crippen molar-refractivity contribution in [2.75, 3.05) is 19.6 Å². The molecule has 6 nitrogen and oxygen atoms in total. The van der Waals surface area contributed by atoms with Gasteiger partial charge in [0.15, 0.2) is 0 Å². The Labute approximate surface area is 165 Å². The molecule has 1 N–H and O–H groups in total. The second-order valence-corrected chi connectivity index (χ2v) is 7.47. The number of imidazole rings is 1. The van der Waals surface area contributed by atoms with Crippen LogP contribution in [0.25, 0.3) is 11.4 Å². The Balaban J connectivity index is 1.29. The molecule has 1 atom stereocenters. The van der Waals surface area contributed by atoms with Gasteiger partial charge < -0.3 is 14.3 Å². The van der Waals surface area contributed by atoms with Gasteiger partial charge in [0.1, 0.15) is 11.6 Å². The summed E-state index contributed by atoms with van der Waals surface area (Å²) in [5.74, 6) is 2.34. The number of aromatic nitrogens is 2. The van der Waals surface area contributed by atoms with Crippen molar-refractivity contribution in [3.05, 3.63) is 66.4 Å². The molecule has 0 spiro atoms. The van der Waals surface area contributed by atoms with Gasteiger partial charge in [0.25, 0.3) is 5.91 Å². The average Bonchev–Trinajstić information content (AvgIpc) is 3.38.